The predicted octanol–water partition coefficient (Wildman–Crippen LogP) is 1.39. The van der Waals surface area contributed by atoms with Gasteiger partial charge in [-0.1, -0.05) is 12.2 Å². The number of hydrogen-bond acceptors (Lipinski definition) is 3. The van der Waals surface area contributed by atoms with Crippen molar-refractivity contribution in [2.24, 2.45) is 11.7 Å². The zero-order chi connectivity index (χ0) is 14.3. The molecule has 1 aliphatic carbocycles. The Morgan fingerprint density at radius 1 is 1.33 bits per heavy atom. The van der Waals surface area contributed by atoms with Crippen LogP contribution in [0.3, 0.4) is 0 Å². The fourth-order valence-corrected chi connectivity index (χ4v) is 1.32. The largest absolute Gasteiger partial charge is 0.490 e. The third-order valence-corrected chi connectivity index (χ3v) is 2.28. The molecule has 0 fully saturated rings. The van der Waals surface area contributed by atoms with Gasteiger partial charge >= 0.3 is 18.1 Å². The second-order valence-corrected chi connectivity index (χ2v) is 3.69. The Labute approximate surface area is 101 Å². The molecule has 0 aromatic carbocycles. The maximum atomic E-state index is 10.6. The highest BCUT2D eigenvalue weighted by molar-refractivity contribution is 5.74. The number of alkyl halides is 3. The molecule has 0 heterocycles. The monoisotopic (exact) mass is 269 g/mol. The molecule has 5 nitrogen and oxygen atoms in total. The average molecular weight is 269 g/mol. The lowest BCUT2D eigenvalue weighted by molar-refractivity contribution is -0.192. The van der Waals surface area contributed by atoms with E-state index in [1.54, 1.807) is 0 Å². The summed E-state index contributed by atoms with van der Waals surface area (Å²) < 4.78 is 31.7. The van der Waals surface area contributed by atoms with Crippen molar-refractivity contribution < 1.29 is 33.0 Å². The molecule has 0 spiro atoms. The minimum atomic E-state index is -5.08. The van der Waals surface area contributed by atoms with Crippen LogP contribution in [0.1, 0.15) is 19.3 Å². The summed E-state index contributed by atoms with van der Waals surface area (Å²) >= 11 is 0. The van der Waals surface area contributed by atoms with E-state index in [-0.39, 0.29) is 5.92 Å². The SMILES string of the molecule is N[C@@H](C(=O)O)[C@@H]1C=CCCC1.O=C(O)C(F)(F)F. The summed E-state index contributed by atoms with van der Waals surface area (Å²) in [6.07, 6.45) is 1.87. The van der Waals surface area contributed by atoms with Gasteiger partial charge in [0.15, 0.2) is 0 Å². The standard InChI is InChI=1S/C8H13NO2.C2HF3O2/c9-7(8(10)11)6-4-2-1-3-5-6;3-2(4,5)1(6)7/h2,4,6-7H,1,3,5,9H2,(H,10,11);(H,6,7)/t6-,7-;/m1./s1. The summed E-state index contributed by atoms with van der Waals surface area (Å²) in [5, 5.41) is 15.7. The van der Waals surface area contributed by atoms with Gasteiger partial charge in [0.2, 0.25) is 0 Å². The first kappa shape index (κ1) is 16.4. The zero-order valence-corrected chi connectivity index (χ0v) is 9.35. The van der Waals surface area contributed by atoms with E-state index in [4.69, 9.17) is 20.7 Å². The number of carboxylic acids is 2. The summed E-state index contributed by atoms with van der Waals surface area (Å²) in [6, 6.07) is -0.716. The molecule has 0 saturated heterocycles. The average Bonchev–Trinajstić information content (AvgIpc) is 2.28. The first-order valence-corrected chi connectivity index (χ1v) is 5.11. The predicted molar refractivity (Wildman–Crippen MR) is 55.8 cm³/mol. The number of carbonyl (C=O) groups is 2. The molecule has 1 aliphatic rings. The van der Waals surface area contributed by atoms with Crippen molar-refractivity contribution in [2.45, 2.75) is 31.5 Å². The molecule has 8 heteroatoms. The van der Waals surface area contributed by atoms with Gasteiger partial charge in [-0.05, 0) is 19.3 Å². The van der Waals surface area contributed by atoms with Crippen LogP contribution in [0.4, 0.5) is 13.2 Å². The van der Waals surface area contributed by atoms with Crippen molar-refractivity contribution in [1.82, 2.24) is 0 Å². The van der Waals surface area contributed by atoms with Gasteiger partial charge in [-0.15, -0.1) is 0 Å². The van der Waals surface area contributed by atoms with Crippen LogP contribution in [0.15, 0.2) is 12.2 Å². The molecule has 0 aliphatic heterocycles. The van der Waals surface area contributed by atoms with Crippen LogP contribution in [0.2, 0.25) is 0 Å². The van der Waals surface area contributed by atoms with E-state index in [1.807, 2.05) is 12.2 Å². The number of hydrogen-bond donors (Lipinski definition) is 3. The summed E-state index contributed by atoms with van der Waals surface area (Å²) in [4.78, 5) is 19.3. The van der Waals surface area contributed by atoms with Gasteiger partial charge in [-0.25, -0.2) is 4.79 Å². The molecule has 0 unspecified atom stereocenters. The minimum Gasteiger partial charge on any atom is -0.480 e. The van der Waals surface area contributed by atoms with Gasteiger partial charge in [0, 0.05) is 5.92 Å². The van der Waals surface area contributed by atoms with E-state index < -0.39 is 24.2 Å². The van der Waals surface area contributed by atoms with E-state index in [9.17, 15) is 18.0 Å². The first-order valence-electron chi connectivity index (χ1n) is 5.11. The summed E-state index contributed by atoms with van der Waals surface area (Å²) in [7, 11) is 0. The molecule has 4 N–H and O–H groups in total. The summed E-state index contributed by atoms with van der Waals surface area (Å²) in [5.41, 5.74) is 5.44. The minimum absolute atomic E-state index is 0.0428. The fraction of sp³-hybridized carbons (Fsp3) is 0.600. The fourth-order valence-electron chi connectivity index (χ4n) is 1.32. The van der Waals surface area contributed by atoms with Gasteiger partial charge in [0.25, 0.3) is 0 Å². The quantitative estimate of drug-likeness (QED) is 0.657. The van der Waals surface area contributed by atoms with Gasteiger partial charge in [0.1, 0.15) is 6.04 Å². The van der Waals surface area contributed by atoms with Crippen LogP contribution in [0.25, 0.3) is 0 Å². The van der Waals surface area contributed by atoms with Gasteiger partial charge in [-0.2, -0.15) is 13.2 Å². The molecule has 0 saturated carbocycles. The van der Waals surface area contributed by atoms with Crippen molar-refractivity contribution in [3.63, 3.8) is 0 Å². The lowest BCUT2D eigenvalue weighted by Gasteiger charge is -2.19. The molecule has 104 valence electrons. The van der Waals surface area contributed by atoms with E-state index in [0.29, 0.717) is 0 Å². The zero-order valence-electron chi connectivity index (χ0n) is 9.35. The van der Waals surface area contributed by atoms with Crippen LogP contribution < -0.4 is 5.73 Å². The number of carboxylic acid groups (broad SMARTS) is 2. The molecule has 1 rings (SSSR count). The Kier molecular flexibility index (Phi) is 6.39. The number of allylic oxidation sites excluding steroid dienone is 1. The Morgan fingerprint density at radius 3 is 2.11 bits per heavy atom. The Balaban J connectivity index is 0.000000360. The normalized spacial score (nSPS) is 20.6. The number of aliphatic carboxylic acids is 2. The topological polar surface area (TPSA) is 101 Å². The maximum Gasteiger partial charge on any atom is 0.490 e. The lowest BCUT2D eigenvalue weighted by Crippen LogP contribution is -2.37. The summed E-state index contributed by atoms with van der Waals surface area (Å²) in [6.45, 7) is 0. The maximum absolute atomic E-state index is 10.6. The van der Waals surface area contributed by atoms with Crippen LogP contribution in [-0.4, -0.2) is 34.4 Å². The third kappa shape index (κ3) is 6.24. The number of nitrogens with two attached hydrogens (primary N) is 1. The van der Waals surface area contributed by atoms with Crippen LogP contribution in [0, 0.1) is 5.92 Å². The van der Waals surface area contributed by atoms with Crippen molar-refractivity contribution in [3.05, 3.63) is 12.2 Å². The third-order valence-electron chi connectivity index (χ3n) is 2.28. The van der Waals surface area contributed by atoms with Gasteiger partial charge in [-0.3, -0.25) is 4.79 Å². The number of halogens is 3. The molecule has 0 aromatic heterocycles. The van der Waals surface area contributed by atoms with Gasteiger partial charge < -0.3 is 15.9 Å². The first-order chi connectivity index (χ1) is 8.16. The van der Waals surface area contributed by atoms with Crippen LogP contribution >= 0.6 is 0 Å². The smallest absolute Gasteiger partial charge is 0.480 e. The molecule has 2 atom stereocenters. The van der Waals surface area contributed by atoms with Crippen LogP contribution in [0.5, 0.6) is 0 Å². The van der Waals surface area contributed by atoms with Crippen molar-refractivity contribution in [1.29, 1.82) is 0 Å². The highest BCUT2D eigenvalue weighted by Gasteiger charge is 2.38. The Hall–Kier alpha value is -1.57. The molecule has 0 bridgehead atoms. The second kappa shape index (κ2) is 7.00. The second-order valence-electron chi connectivity index (χ2n) is 3.69. The van der Waals surface area contributed by atoms with Crippen molar-refractivity contribution >= 4 is 11.9 Å². The van der Waals surface area contributed by atoms with E-state index >= 15 is 0 Å². The van der Waals surface area contributed by atoms with E-state index in [1.165, 1.54) is 0 Å². The lowest BCUT2D eigenvalue weighted by atomic mass is 9.90. The molecular weight excluding hydrogens is 255 g/mol. The van der Waals surface area contributed by atoms with Crippen molar-refractivity contribution in [3.8, 4) is 0 Å². The summed E-state index contributed by atoms with van der Waals surface area (Å²) in [5.74, 6) is -3.62. The molecular formula is C10H14F3NO4. The van der Waals surface area contributed by atoms with Gasteiger partial charge in [0.05, 0.1) is 0 Å². The van der Waals surface area contributed by atoms with E-state index in [2.05, 4.69) is 0 Å². The Bertz CT molecular complexity index is 328. The molecule has 18 heavy (non-hydrogen) atoms. The highest BCUT2D eigenvalue weighted by Crippen LogP contribution is 2.19. The molecule has 0 radical (unpaired) electrons. The Morgan fingerprint density at radius 2 is 1.83 bits per heavy atom. The molecule has 0 amide bonds. The van der Waals surface area contributed by atoms with Crippen LogP contribution in [-0.2, 0) is 9.59 Å². The molecule has 0 aromatic rings. The van der Waals surface area contributed by atoms with Crippen molar-refractivity contribution in [2.75, 3.05) is 0 Å². The number of rotatable bonds is 2. The highest BCUT2D eigenvalue weighted by atomic mass is 19.4. The van der Waals surface area contributed by atoms with E-state index in [0.717, 1.165) is 19.3 Å².